The molecule has 1 saturated heterocycles. The molecule has 1 aliphatic heterocycles. The molecule has 0 bridgehead atoms. The first-order valence-corrected chi connectivity index (χ1v) is 9.56. The number of hydrogen-bond acceptors (Lipinski definition) is 4. The van der Waals surface area contributed by atoms with Gasteiger partial charge in [-0.1, -0.05) is 35.9 Å². The van der Waals surface area contributed by atoms with Crippen LogP contribution in [0, 0.1) is 0 Å². The van der Waals surface area contributed by atoms with E-state index < -0.39 is 6.10 Å². The van der Waals surface area contributed by atoms with E-state index in [2.05, 4.69) is 22.3 Å². The molecule has 144 valence electrons. The van der Waals surface area contributed by atoms with E-state index in [1.165, 1.54) is 5.56 Å². The number of nitrogens with zero attached hydrogens (tertiary/aromatic N) is 1. The van der Waals surface area contributed by atoms with E-state index in [9.17, 15) is 4.79 Å². The van der Waals surface area contributed by atoms with Crippen LogP contribution in [0.1, 0.15) is 18.1 Å². The summed E-state index contributed by atoms with van der Waals surface area (Å²) in [5.41, 5.74) is 2.32. The van der Waals surface area contributed by atoms with Crippen LogP contribution in [0.25, 0.3) is 0 Å². The molecule has 1 N–H and O–H groups in total. The van der Waals surface area contributed by atoms with Gasteiger partial charge in [-0.2, -0.15) is 0 Å². The fraction of sp³-hybridized carbons (Fsp3) is 0.381. The molecule has 1 fully saturated rings. The summed E-state index contributed by atoms with van der Waals surface area (Å²) in [6.45, 7) is 6.62. The third-order valence-corrected chi connectivity index (χ3v) is 4.72. The normalized spacial score (nSPS) is 15.9. The van der Waals surface area contributed by atoms with Crippen molar-refractivity contribution in [1.29, 1.82) is 0 Å². The molecule has 0 aromatic heterocycles. The van der Waals surface area contributed by atoms with Gasteiger partial charge >= 0.3 is 0 Å². The number of nitrogens with one attached hydrogen (secondary N) is 1. The standard InChI is InChI=1S/C21H25ClN2O3/c1-16(27-20-7-5-19(22)6-8-20)21(25)23-14-17-3-2-4-18(13-17)15-24-9-11-26-12-10-24/h2-8,13,16H,9-12,14-15H2,1H3,(H,23,25)/t16-/m1/s1. The van der Waals surface area contributed by atoms with Crippen LogP contribution < -0.4 is 10.1 Å². The zero-order chi connectivity index (χ0) is 19.1. The SMILES string of the molecule is C[C@@H](Oc1ccc(Cl)cc1)C(=O)NCc1cccc(CN2CCOCC2)c1. The second-order valence-electron chi connectivity index (χ2n) is 6.64. The highest BCUT2D eigenvalue weighted by Crippen LogP contribution is 2.17. The van der Waals surface area contributed by atoms with Crippen LogP contribution in [0.15, 0.2) is 48.5 Å². The van der Waals surface area contributed by atoms with Crippen LogP contribution in [-0.2, 0) is 22.6 Å². The van der Waals surface area contributed by atoms with E-state index in [-0.39, 0.29) is 5.91 Å². The van der Waals surface area contributed by atoms with Gasteiger partial charge in [-0.3, -0.25) is 9.69 Å². The number of benzene rings is 2. The Morgan fingerprint density at radius 1 is 1.19 bits per heavy atom. The smallest absolute Gasteiger partial charge is 0.261 e. The van der Waals surface area contributed by atoms with Gasteiger partial charge in [-0.05, 0) is 42.3 Å². The van der Waals surface area contributed by atoms with E-state index >= 15 is 0 Å². The molecule has 2 aromatic rings. The van der Waals surface area contributed by atoms with Gasteiger partial charge in [0.15, 0.2) is 6.10 Å². The molecule has 6 heteroatoms. The third kappa shape index (κ3) is 6.24. The van der Waals surface area contributed by atoms with E-state index in [1.807, 2.05) is 12.1 Å². The summed E-state index contributed by atoms with van der Waals surface area (Å²) in [6.07, 6.45) is -0.581. The van der Waals surface area contributed by atoms with Crippen LogP contribution in [0.5, 0.6) is 5.75 Å². The number of ether oxygens (including phenoxy) is 2. The van der Waals surface area contributed by atoms with Crippen LogP contribution in [0.2, 0.25) is 5.02 Å². The zero-order valence-corrected chi connectivity index (χ0v) is 16.2. The Kier molecular flexibility index (Phi) is 7.10. The topological polar surface area (TPSA) is 50.8 Å². The Balaban J connectivity index is 1.49. The first-order valence-electron chi connectivity index (χ1n) is 9.18. The van der Waals surface area contributed by atoms with E-state index in [0.717, 1.165) is 38.4 Å². The van der Waals surface area contributed by atoms with Crippen molar-refractivity contribution in [3.63, 3.8) is 0 Å². The fourth-order valence-corrected chi connectivity index (χ4v) is 3.09. The minimum Gasteiger partial charge on any atom is -0.481 e. The van der Waals surface area contributed by atoms with Gasteiger partial charge in [-0.25, -0.2) is 0 Å². The van der Waals surface area contributed by atoms with Gasteiger partial charge in [-0.15, -0.1) is 0 Å². The molecule has 0 aliphatic carbocycles. The monoisotopic (exact) mass is 388 g/mol. The number of carbonyl (C=O) groups is 1. The van der Waals surface area contributed by atoms with Crippen molar-refractivity contribution in [2.45, 2.75) is 26.1 Å². The Hall–Kier alpha value is -2.08. The van der Waals surface area contributed by atoms with Crippen LogP contribution in [-0.4, -0.2) is 43.2 Å². The second kappa shape index (κ2) is 9.74. The molecule has 5 nitrogen and oxygen atoms in total. The fourth-order valence-electron chi connectivity index (χ4n) is 2.96. The van der Waals surface area contributed by atoms with Gasteiger partial charge in [0.05, 0.1) is 13.2 Å². The Morgan fingerprint density at radius 2 is 1.89 bits per heavy atom. The van der Waals surface area contributed by atoms with E-state index in [1.54, 1.807) is 31.2 Å². The maximum atomic E-state index is 12.3. The summed E-state index contributed by atoms with van der Waals surface area (Å²) in [7, 11) is 0. The lowest BCUT2D eigenvalue weighted by molar-refractivity contribution is -0.127. The van der Waals surface area contributed by atoms with Crippen molar-refractivity contribution < 1.29 is 14.3 Å². The number of morpholine rings is 1. The summed E-state index contributed by atoms with van der Waals surface area (Å²) in [5, 5.41) is 3.57. The molecule has 0 saturated carbocycles. The minimum absolute atomic E-state index is 0.150. The van der Waals surface area contributed by atoms with Gasteiger partial charge < -0.3 is 14.8 Å². The van der Waals surface area contributed by atoms with Crippen LogP contribution in [0.3, 0.4) is 0 Å². The van der Waals surface area contributed by atoms with E-state index in [0.29, 0.717) is 17.3 Å². The average molecular weight is 389 g/mol. The lowest BCUT2D eigenvalue weighted by Gasteiger charge is -2.26. The number of rotatable bonds is 7. The molecule has 1 amide bonds. The van der Waals surface area contributed by atoms with Crippen molar-refractivity contribution in [1.82, 2.24) is 10.2 Å². The van der Waals surface area contributed by atoms with Gasteiger partial charge in [0.2, 0.25) is 0 Å². The highest BCUT2D eigenvalue weighted by molar-refractivity contribution is 6.30. The summed E-state index contributed by atoms with van der Waals surface area (Å²) in [5.74, 6) is 0.470. The first kappa shape index (κ1) is 19.7. The molecule has 1 aliphatic rings. The molecule has 3 rings (SSSR count). The van der Waals surface area contributed by atoms with Crippen molar-refractivity contribution in [2.75, 3.05) is 26.3 Å². The van der Waals surface area contributed by atoms with Gasteiger partial charge in [0.1, 0.15) is 5.75 Å². The summed E-state index contributed by atoms with van der Waals surface area (Å²) >= 11 is 5.86. The largest absolute Gasteiger partial charge is 0.481 e. The second-order valence-corrected chi connectivity index (χ2v) is 7.08. The lowest BCUT2D eigenvalue weighted by atomic mass is 10.1. The minimum atomic E-state index is -0.581. The summed E-state index contributed by atoms with van der Waals surface area (Å²) < 4.78 is 11.0. The molecule has 0 spiro atoms. The van der Waals surface area contributed by atoms with Crippen molar-refractivity contribution in [3.8, 4) is 5.75 Å². The number of halogens is 1. The average Bonchev–Trinajstić information content (AvgIpc) is 2.69. The van der Waals surface area contributed by atoms with Gasteiger partial charge in [0, 0.05) is 31.2 Å². The highest BCUT2D eigenvalue weighted by Gasteiger charge is 2.15. The summed E-state index contributed by atoms with van der Waals surface area (Å²) in [4.78, 5) is 14.7. The van der Waals surface area contributed by atoms with Crippen LogP contribution >= 0.6 is 11.6 Å². The predicted octanol–water partition coefficient (Wildman–Crippen LogP) is 3.26. The molecule has 1 atom stereocenters. The van der Waals surface area contributed by atoms with Crippen molar-refractivity contribution in [3.05, 3.63) is 64.7 Å². The molecule has 0 unspecified atom stereocenters. The molecular weight excluding hydrogens is 364 g/mol. The quantitative estimate of drug-likeness (QED) is 0.791. The van der Waals surface area contributed by atoms with E-state index in [4.69, 9.17) is 21.1 Å². The molecule has 0 radical (unpaired) electrons. The zero-order valence-electron chi connectivity index (χ0n) is 15.5. The number of carbonyl (C=O) groups excluding carboxylic acids is 1. The predicted molar refractivity (Wildman–Crippen MR) is 106 cm³/mol. The third-order valence-electron chi connectivity index (χ3n) is 4.46. The van der Waals surface area contributed by atoms with Crippen molar-refractivity contribution in [2.24, 2.45) is 0 Å². The lowest BCUT2D eigenvalue weighted by Crippen LogP contribution is -2.36. The molecule has 27 heavy (non-hydrogen) atoms. The Bertz CT molecular complexity index is 745. The molecule has 1 heterocycles. The molecular formula is C21H25ClN2O3. The van der Waals surface area contributed by atoms with Gasteiger partial charge in [0.25, 0.3) is 5.91 Å². The van der Waals surface area contributed by atoms with Crippen molar-refractivity contribution >= 4 is 17.5 Å². The summed E-state index contributed by atoms with van der Waals surface area (Å²) in [6, 6.07) is 15.3. The number of hydrogen-bond donors (Lipinski definition) is 1. The Labute approximate surface area is 165 Å². The Morgan fingerprint density at radius 3 is 2.63 bits per heavy atom. The van der Waals surface area contributed by atoms with Crippen LogP contribution in [0.4, 0.5) is 0 Å². The maximum Gasteiger partial charge on any atom is 0.261 e. The maximum absolute atomic E-state index is 12.3. The number of amides is 1. The highest BCUT2D eigenvalue weighted by atomic mass is 35.5. The first-order chi connectivity index (χ1) is 13.1. The molecule has 2 aromatic carbocycles.